The monoisotopic (exact) mass is 810 g/mol. The third-order valence-corrected chi connectivity index (χ3v) is 10.2. The van der Waals surface area contributed by atoms with Crippen LogP contribution in [-0.4, -0.2) is 259 Å². The summed E-state index contributed by atoms with van der Waals surface area (Å²) in [4.78, 5) is 0. The van der Waals surface area contributed by atoms with Crippen LogP contribution in [0.4, 0.5) is 0 Å². The van der Waals surface area contributed by atoms with Crippen LogP contribution in [-0.2, 0) is 52.1 Å². The Labute approximate surface area is 311 Å². The van der Waals surface area contributed by atoms with Crippen molar-refractivity contribution in [3.8, 4) is 0 Å². The van der Waals surface area contributed by atoms with Gasteiger partial charge in [-0.1, -0.05) is 0 Å². The van der Waals surface area contributed by atoms with Gasteiger partial charge in [0.2, 0.25) is 0 Å². The van der Waals surface area contributed by atoms with Gasteiger partial charge in [0.05, 0.1) is 39.6 Å². The topological polar surface area (TPSA) is 385 Å². The molecule has 55 heavy (non-hydrogen) atoms. The number of rotatable bonds is 12. The van der Waals surface area contributed by atoms with E-state index in [1.807, 2.05) is 0 Å². The molecule has 6 aliphatic rings. The van der Waals surface area contributed by atoms with Crippen LogP contribution in [0.2, 0.25) is 0 Å². The quantitative estimate of drug-likeness (QED) is 0.0870. The van der Waals surface area contributed by atoms with Crippen molar-refractivity contribution in [3.05, 3.63) is 0 Å². The highest BCUT2D eigenvalue weighted by Gasteiger charge is 2.54. The molecule has 0 radical (unpaired) electrons. The molecule has 6 fully saturated rings. The normalized spacial score (nSPS) is 53.8. The van der Waals surface area contributed by atoms with Crippen molar-refractivity contribution in [2.24, 2.45) is 0 Å². The summed E-state index contributed by atoms with van der Waals surface area (Å²) in [5.74, 6) is 0. The molecule has 14 N–H and O–H groups in total. The Balaban J connectivity index is 1.20. The van der Waals surface area contributed by atoms with Gasteiger partial charge in [-0.3, -0.25) is 0 Å². The fourth-order valence-corrected chi connectivity index (χ4v) is 6.91. The second-order valence-electron chi connectivity index (χ2n) is 14.0. The average molecular weight is 811 g/mol. The molecule has 0 saturated carbocycles. The van der Waals surface area contributed by atoms with E-state index in [-0.39, 0.29) is 0 Å². The van der Waals surface area contributed by atoms with E-state index in [0.29, 0.717) is 0 Å². The van der Waals surface area contributed by atoms with Crippen LogP contribution in [0.15, 0.2) is 0 Å². The minimum absolute atomic E-state index is 0.447. The summed E-state index contributed by atoms with van der Waals surface area (Å²) in [6.07, 6.45) is -39.2. The third-order valence-electron chi connectivity index (χ3n) is 10.2. The van der Waals surface area contributed by atoms with Gasteiger partial charge < -0.3 is 124 Å². The Morgan fingerprint density at radius 3 is 1.22 bits per heavy atom. The van der Waals surface area contributed by atoms with E-state index in [1.54, 1.807) is 0 Å². The first-order valence-electron chi connectivity index (χ1n) is 17.6. The molecule has 0 aromatic rings. The van der Waals surface area contributed by atoms with E-state index in [0.717, 1.165) is 0 Å². The molecule has 0 bridgehead atoms. The van der Waals surface area contributed by atoms with Crippen molar-refractivity contribution in [3.63, 3.8) is 0 Å². The van der Waals surface area contributed by atoms with Crippen LogP contribution < -0.4 is 0 Å². The van der Waals surface area contributed by atoms with Crippen molar-refractivity contribution >= 4 is 0 Å². The lowest BCUT2D eigenvalue weighted by Gasteiger charge is -2.46. The Morgan fingerprint density at radius 2 is 0.764 bits per heavy atom. The molecule has 320 valence electrons. The molecule has 6 aliphatic heterocycles. The molecule has 0 aromatic carbocycles. The van der Waals surface area contributed by atoms with Gasteiger partial charge in [-0.2, -0.15) is 0 Å². The molecule has 24 atom stereocenters. The summed E-state index contributed by atoms with van der Waals surface area (Å²) in [6.45, 7) is -3.43. The second kappa shape index (κ2) is 18.5. The lowest BCUT2D eigenvalue weighted by molar-refractivity contribution is -0.376. The molecule has 0 amide bonds. The molecule has 6 rings (SSSR count). The predicted octanol–water partition coefficient (Wildman–Crippen LogP) is -10.3. The van der Waals surface area contributed by atoms with Gasteiger partial charge in [-0.05, 0) is 0 Å². The zero-order valence-corrected chi connectivity index (χ0v) is 28.9. The molecule has 0 unspecified atom stereocenters. The van der Waals surface area contributed by atoms with Crippen LogP contribution in [0.5, 0.6) is 0 Å². The van der Waals surface area contributed by atoms with Crippen LogP contribution in [0.1, 0.15) is 0 Å². The number of hydrogen-bond donors (Lipinski definition) is 14. The fourth-order valence-electron chi connectivity index (χ4n) is 6.91. The van der Waals surface area contributed by atoms with Gasteiger partial charge in [-0.25, -0.2) is 0 Å². The lowest BCUT2D eigenvalue weighted by Crippen LogP contribution is -2.64. The van der Waals surface area contributed by atoms with E-state index in [1.165, 1.54) is 0 Å². The molecule has 0 spiro atoms. The SMILES string of the molecule is OC[C@H]1O[C@H](O[C@@H]2[C@@H](O)[C@H](O[C@@H]3CO[C@@H](O[C@@H]4CO[C@@H](O)[C@H](O)[C@H]4O)[C@H](O)[C@H]3O[C@H]3O[C@H](CO)[C@@H](O)[C@@H]3O)OC[C@H]2O[C@@H]2OC[C@@H](O)[C@H](O)[C@H]2O)[C@@H](O)[C@@H]1O. The molecular weight excluding hydrogens is 760 g/mol. The molecule has 6 saturated heterocycles. The van der Waals surface area contributed by atoms with E-state index < -0.39 is 187 Å². The standard InChI is InChI=1S/C30H50O25/c31-1-8-14(35)19(40)29(49-8)54-23-11(52-26-18(39)13(34)7(33)3-46-26)5-48-28(22(23)43)53-12-6-47-27(51-10-4-45-25(44)17(38)16(10)37)21(42)24(12)55-30-20(41)15(36)9(2-32)50-30/h7-44H,1-6H2/t7-,8-,9-,10-,11-,12-,13+,14-,15-,16+,17-,18-,19+,20+,21-,22-,23+,24+,25-,26+,27+,28+,29-,30-/m1/s1. The smallest absolute Gasteiger partial charge is 0.187 e. The highest BCUT2D eigenvalue weighted by Crippen LogP contribution is 2.34. The summed E-state index contributed by atoms with van der Waals surface area (Å²) >= 11 is 0. The van der Waals surface area contributed by atoms with Crippen molar-refractivity contribution < 1.29 is 124 Å². The summed E-state index contributed by atoms with van der Waals surface area (Å²) < 4.78 is 61.6. The van der Waals surface area contributed by atoms with E-state index in [2.05, 4.69) is 0 Å². The summed E-state index contributed by atoms with van der Waals surface area (Å²) in [7, 11) is 0. The highest BCUT2D eigenvalue weighted by atomic mass is 16.8. The lowest BCUT2D eigenvalue weighted by atomic mass is 10.0. The van der Waals surface area contributed by atoms with Crippen LogP contribution in [0.3, 0.4) is 0 Å². The van der Waals surface area contributed by atoms with Crippen molar-refractivity contribution in [1.29, 1.82) is 0 Å². The Bertz CT molecular complexity index is 1210. The third kappa shape index (κ3) is 9.11. The summed E-state index contributed by atoms with van der Waals surface area (Å²) in [5, 5.41) is 145. The molecular formula is C30H50O25. The minimum atomic E-state index is -1.93. The first kappa shape index (κ1) is 43.6. The zero-order valence-electron chi connectivity index (χ0n) is 28.9. The van der Waals surface area contributed by atoms with Gasteiger partial charge in [-0.15, -0.1) is 0 Å². The summed E-state index contributed by atoms with van der Waals surface area (Å²) in [5.41, 5.74) is 0. The maximum absolute atomic E-state index is 11.6. The van der Waals surface area contributed by atoms with Crippen molar-refractivity contribution in [1.82, 2.24) is 0 Å². The Morgan fingerprint density at radius 1 is 0.364 bits per heavy atom. The van der Waals surface area contributed by atoms with Crippen LogP contribution >= 0.6 is 0 Å². The zero-order chi connectivity index (χ0) is 39.9. The average Bonchev–Trinajstić information content (AvgIpc) is 3.60. The van der Waals surface area contributed by atoms with Crippen LogP contribution in [0.25, 0.3) is 0 Å². The van der Waals surface area contributed by atoms with Gasteiger partial charge in [0.1, 0.15) is 110 Å². The first-order chi connectivity index (χ1) is 26.1. The van der Waals surface area contributed by atoms with Crippen LogP contribution in [0, 0.1) is 0 Å². The second-order valence-corrected chi connectivity index (χ2v) is 14.0. The number of aliphatic hydroxyl groups excluding tert-OH is 14. The first-order valence-corrected chi connectivity index (χ1v) is 17.6. The van der Waals surface area contributed by atoms with E-state index in [9.17, 15) is 71.5 Å². The van der Waals surface area contributed by atoms with Gasteiger partial charge >= 0.3 is 0 Å². The summed E-state index contributed by atoms with van der Waals surface area (Å²) in [6, 6.07) is 0. The molecule has 0 aromatic heterocycles. The van der Waals surface area contributed by atoms with Gasteiger partial charge in [0, 0.05) is 0 Å². The number of hydrogen-bond acceptors (Lipinski definition) is 25. The molecule has 6 heterocycles. The molecule has 0 aliphatic carbocycles. The van der Waals surface area contributed by atoms with Crippen molar-refractivity contribution in [2.75, 3.05) is 39.6 Å². The maximum Gasteiger partial charge on any atom is 0.187 e. The van der Waals surface area contributed by atoms with Gasteiger partial charge in [0.25, 0.3) is 0 Å². The minimum Gasteiger partial charge on any atom is -0.394 e. The maximum atomic E-state index is 11.6. The molecule has 25 heteroatoms. The predicted molar refractivity (Wildman–Crippen MR) is 163 cm³/mol. The largest absolute Gasteiger partial charge is 0.394 e. The molecule has 25 nitrogen and oxygen atoms in total. The number of ether oxygens (including phenoxy) is 11. The fraction of sp³-hybridized carbons (Fsp3) is 1.00. The van der Waals surface area contributed by atoms with E-state index >= 15 is 0 Å². The number of aliphatic hydroxyl groups is 14. The van der Waals surface area contributed by atoms with Gasteiger partial charge in [0.15, 0.2) is 37.7 Å². The Hall–Kier alpha value is -1.00. The highest BCUT2D eigenvalue weighted by molar-refractivity contribution is 4.96. The van der Waals surface area contributed by atoms with Crippen molar-refractivity contribution in [2.45, 2.75) is 148 Å². The van der Waals surface area contributed by atoms with E-state index in [4.69, 9.17) is 52.1 Å². The Kier molecular flexibility index (Phi) is 14.7.